The summed E-state index contributed by atoms with van der Waals surface area (Å²) in [5.41, 5.74) is 0. The Morgan fingerprint density at radius 3 is 1.92 bits per heavy atom. The van der Waals surface area contributed by atoms with Gasteiger partial charge in [-0.25, -0.2) is 0 Å². The third-order valence-electron chi connectivity index (χ3n) is 3.06. The Balaban J connectivity index is 1.91. The molecule has 0 amide bonds. The van der Waals surface area contributed by atoms with Crippen LogP contribution in [0.25, 0.3) is 0 Å². The van der Waals surface area contributed by atoms with Crippen molar-refractivity contribution in [2.45, 2.75) is 16.9 Å². The smallest absolute Gasteiger partial charge is 0.0171 e. The summed E-state index contributed by atoms with van der Waals surface area (Å²) < 4.78 is 0. The highest BCUT2D eigenvalue weighted by Gasteiger charge is 2.46. The molecule has 4 unspecified atom stereocenters. The monoisotopic (exact) mass is 206 g/mol. The van der Waals surface area contributed by atoms with Crippen LogP contribution in [0, 0.1) is 25.7 Å². The molecule has 0 aromatic rings. The van der Waals surface area contributed by atoms with E-state index in [9.17, 15) is 0 Å². The third kappa shape index (κ3) is 1.22. The minimum absolute atomic E-state index is 0.656. The molecular weight excluding hydrogens is 196 g/mol. The van der Waals surface area contributed by atoms with E-state index in [4.69, 9.17) is 13.8 Å². The lowest BCUT2D eigenvalue weighted by atomic mass is 9.95. The summed E-state index contributed by atoms with van der Waals surface area (Å²) in [7, 11) is 0. The molecule has 3 rings (SSSR count). The Morgan fingerprint density at radius 2 is 1.46 bits per heavy atom. The van der Waals surface area contributed by atoms with Crippen LogP contribution in [0.4, 0.5) is 0 Å². The van der Waals surface area contributed by atoms with Gasteiger partial charge in [0, 0.05) is 24.3 Å². The summed E-state index contributed by atoms with van der Waals surface area (Å²) >= 11 is 3.70. The summed E-state index contributed by atoms with van der Waals surface area (Å²) in [6.45, 7) is 11.6. The van der Waals surface area contributed by atoms with Crippen LogP contribution in [0.2, 0.25) is 0 Å². The van der Waals surface area contributed by atoms with Crippen molar-refractivity contribution in [1.29, 1.82) is 0 Å². The molecule has 1 fully saturated rings. The van der Waals surface area contributed by atoms with Crippen molar-refractivity contribution in [3.63, 3.8) is 0 Å². The van der Waals surface area contributed by atoms with Gasteiger partial charge in [0.1, 0.15) is 0 Å². The van der Waals surface area contributed by atoms with Gasteiger partial charge in [0.15, 0.2) is 0 Å². The number of hydrogen-bond acceptors (Lipinski definition) is 2. The number of rotatable bonds is 0. The first-order chi connectivity index (χ1) is 6.24. The molecule has 0 bridgehead atoms. The van der Waals surface area contributed by atoms with Gasteiger partial charge >= 0.3 is 0 Å². The van der Waals surface area contributed by atoms with E-state index in [-0.39, 0.29) is 0 Å². The first-order valence-corrected chi connectivity index (χ1v) is 6.28. The number of hydrogen-bond donors (Lipinski definition) is 0. The second kappa shape index (κ2) is 2.83. The van der Waals surface area contributed by atoms with E-state index in [2.05, 4.69) is 12.2 Å². The molecule has 1 aliphatic carbocycles. The minimum atomic E-state index is 0.656. The van der Waals surface area contributed by atoms with E-state index in [0.717, 1.165) is 20.3 Å². The van der Waals surface area contributed by atoms with Crippen LogP contribution >= 0.6 is 23.5 Å². The lowest BCUT2D eigenvalue weighted by molar-refractivity contribution is 0.582. The van der Waals surface area contributed by atoms with Crippen LogP contribution < -0.4 is 0 Å². The molecule has 0 saturated heterocycles. The van der Waals surface area contributed by atoms with E-state index in [0.29, 0.717) is 11.8 Å². The number of allylic oxidation sites excluding steroid dienone is 4. The molecule has 13 heavy (non-hydrogen) atoms. The van der Waals surface area contributed by atoms with Gasteiger partial charge in [-0.3, -0.25) is 0 Å². The maximum absolute atomic E-state index is 5.81. The molecule has 0 N–H and O–H groups in total. The Kier molecular flexibility index (Phi) is 1.85. The Bertz CT molecular complexity index is 273. The van der Waals surface area contributed by atoms with Crippen LogP contribution in [-0.2, 0) is 0 Å². The maximum atomic E-state index is 5.81. The predicted octanol–water partition coefficient (Wildman–Crippen LogP) is 3.04. The highest BCUT2D eigenvalue weighted by Crippen LogP contribution is 2.56. The van der Waals surface area contributed by atoms with Gasteiger partial charge in [-0.1, -0.05) is 12.2 Å². The van der Waals surface area contributed by atoms with E-state index in [1.54, 1.807) is 0 Å². The highest BCUT2D eigenvalue weighted by atomic mass is 32.2. The first kappa shape index (κ1) is 8.49. The van der Waals surface area contributed by atoms with E-state index < -0.39 is 0 Å². The van der Waals surface area contributed by atoms with Crippen molar-refractivity contribution in [1.82, 2.24) is 0 Å². The standard InChI is InChI=1S/C11H10S2/c1-6-3-8-9-4-7(2)13-11(9)5-10(8)12-6/h1-4,8-11H,5H2. The van der Waals surface area contributed by atoms with Gasteiger partial charge in [-0.05, 0) is 28.1 Å². The lowest BCUT2D eigenvalue weighted by Crippen LogP contribution is -2.10. The van der Waals surface area contributed by atoms with Crippen LogP contribution in [0.1, 0.15) is 6.42 Å². The van der Waals surface area contributed by atoms with Gasteiger partial charge in [-0.15, -0.1) is 23.5 Å². The molecule has 4 radical (unpaired) electrons. The fraction of sp³-hybridized carbons (Fsp3) is 0.455. The zero-order valence-electron chi connectivity index (χ0n) is 7.14. The molecule has 2 aliphatic heterocycles. The van der Waals surface area contributed by atoms with Crippen molar-refractivity contribution < 1.29 is 0 Å². The molecule has 0 aromatic heterocycles. The van der Waals surface area contributed by atoms with Crippen molar-refractivity contribution >= 4 is 23.5 Å². The first-order valence-electron chi connectivity index (χ1n) is 4.52. The topological polar surface area (TPSA) is 0 Å². The van der Waals surface area contributed by atoms with Crippen molar-refractivity contribution in [2.75, 3.05) is 0 Å². The minimum Gasteiger partial charge on any atom is -0.126 e. The molecular formula is C11H10S2. The third-order valence-corrected chi connectivity index (χ3v) is 5.49. The van der Waals surface area contributed by atoms with Gasteiger partial charge in [-0.2, -0.15) is 0 Å². The SMILES string of the molecule is [CH]C1=CC2C(CC3SC([CH])=CC32)S1. The average molecular weight is 206 g/mol. The Hall–Kier alpha value is 0.180. The molecule has 4 atom stereocenters. The molecule has 0 aromatic carbocycles. The quantitative estimate of drug-likeness (QED) is 0.597. The lowest BCUT2D eigenvalue weighted by Gasteiger charge is -2.11. The normalized spacial score (nSPS) is 47.2. The van der Waals surface area contributed by atoms with Crippen molar-refractivity contribution in [2.24, 2.45) is 11.8 Å². The average Bonchev–Trinajstić information content (AvgIpc) is 2.60. The highest BCUT2D eigenvalue weighted by molar-refractivity contribution is 8.05. The molecule has 0 nitrogen and oxygen atoms in total. The molecule has 0 spiro atoms. The van der Waals surface area contributed by atoms with Gasteiger partial charge in [0.05, 0.1) is 0 Å². The van der Waals surface area contributed by atoms with Crippen molar-refractivity contribution in [3.8, 4) is 0 Å². The van der Waals surface area contributed by atoms with Gasteiger partial charge in [0.2, 0.25) is 0 Å². The van der Waals surface area contributed by atoms with Gasteiger partial charge < -0.3 is 0 Å². The van der Waals surface area contributed by atoms with Crippen LogP contribution in [0.5, 0.6) is 0 Å². The summed E-state index contributed by atoms with van der Waals surface area (Å²) in [5, 5.41) is 1.46. The molecule has 2 heterocycles. The van der Waals surface area contributed by atoms with Crippen LogP contribution in [-0.4, -0.2) is 10.5 Å². The summed E-state index contributed by atoms with van der Waals surface area (Å²) in [5.74, 6) is 1.31. The summed E-state index contributed by atoms with van der Waals surface area (Å²) in [6.07, 6.45) is 5.73. The predicted molar refractivity (Wildman–Crippen MR) is 59.1 cm³/mol. The molecule has 1 saturated carbocycles. The van der Waals surface area contributed by atoms with Crippen molar-refractivity contribution in [3.05, 3.63) is 35.8 Å². The number of thioether (sulfide) groups is 2. The number of fused-ring (bicyclic) bond motifs is 3. The zero-order chi connectivity index (χ0) is 9.00. The molecule has 66 valence electrons. The summed E-state index contributed by atoms with van der Waals surface area (Å²) in [4.78, 5) is 2.02. The van der Waals surface area contributed by atoms with E-state index in [1.165, 1.54) is 6.42 Å². The largest absolute Gasteiger partial charge is 0.126 e. The Morgan fingerprint density at radius 1 is 1.00 bits per heavy atom. The Labute approximate surface area is 88.2 Å². The van der Waals surface area contributed by atoms with Gasteiger partial charge in [0.25, 0.3) is 0 Å². The van der Waals surface area contributed by atoms with Crippen LogP contribution in [0.3, 0.4) is 0 Å². The second-order valence-electron chi connectivity index (χ2n) is 3.84. The molecule has 3 aliphatic rings. The maximum Gasteiger partial charge on any atom is 0.0171 e. The summed E-state index contributed by atoms with van der Waals surface area (Å²) in [6, 6.07) is 0. The van der Waals surface area contributed by atoms with E-state index in [1.807, 2.05) is 23.5 Å². The van der Waals surface area contributed by atoms with Crippen LogP contribution in [0.15, 0.2) is 22.0 Å². The zero-order valence-corrected chi connectivity index (χ0v) is 8.78. The fourth-order valence-electron chi connectivity index (χ4n) is 2.54. The van der Waals surface area contributed by atoms with E-state index >= 15 is 0 Å². The fourth-order valence-corrected chi connectivity index (χ4v) is 5.27. The second-order valence-corrected chi connectivity index (χ2v) is 6.47. The molecule has 2 heteroatoms.